The molecule has 25 heavy (non-hydrogen) atoms. The Bertz CT molecular complexity index is 896. The Labute approximate surface area is 155 Å². The van der Waals surface area contributed by atoms with E-state index in [0.717, 1.165) is 10.6 Å². The highest BCUT2D eigenvalue weighted by Gasteiger charge is 2.31. The standard InChI is InChI=1S/C16H18ClN3O3S2/c1-11-8-15(20(19-11)12-6-7-25(22,23)10-12)18-16(21)9-24-14-5-3-2-4-13(14)17/h2-5,8,12H,6-7,9-10H2,1H3,(H,18,21). The molecule has 0 saturated carbocycles. The molecule has 3 rings (SSSR count). The van der Waals surface area contributed by atoms with Crippen molar-refractivity contribution in [2.45, 2.75) is 24.3 Å². The summed E-state index contributed by atoms with van der Waals surface area (Å²) in [5, 5.41) is 7.79. The van der Waals surface area contributed by atoms with Gasteiger partial charge in [-0.05, 0) is 25.5 Å². The molecule has 1 saturated heterocycles. The lowest BCUT2D eigenvalue weighted by Crippen LogP contribution is -2.20. The molecule has 1 aliphatic heterocycles. The molecule has 9 heteroatoms. The van der Waals surface area contributed by atoms with E-state index in [9.17, 15) is 13.2 Å². The van der Waals surface area contributed by atoms with Gasteiger partial charge in [0.05, 0.1) is 34.0 Å². The molecule has 6 nitrogen and oxygen atoms in total. The number of benzene rings is 1. The van der Waals surface area contributed by atoms with Crippen LogP contribution in [0, 0.1) is 6.92 Å². The van der Waals surface area contributed by atoms with Crippen LogP contribution in [0.3, 0.4) is 0 Å². The van der Waals surface area contributed by atoms with E-state index in [1.54, 1.807) is 16.8 Å². The summed E-state index contributed by atoms with van der Waals surface area (Å²) in [6.45, 7) is 1.81. The van der Waals surface area contributed by atoms with Gasteiger partial charge in [-0.2, -0.15) is 5.10 Å². The smallest absolute Gasteiger partial charge is 0.235 e. The molecule has 1 aliphatic rings. The summed E-state index contributed by atoms with van der Waals surface area (Å²) in [5.41, 5.74) is 0.735. The number of halogens is 1. The number of aryl methyl sites for hydroxylation is 1. The number of anilines is 1. The van der Waals surface area contributed by atoms with Gasteiger partial charge in [0.15, 0.2) is 9.84 Å². The lowest BCUT2D eigenvalue weighted by Gasteiger charge is -2.13. The van der Waals surface area contributed by atoms with Crippen molar-refractivity contribution in [1.82, 2.24) is 9.78 Å². The number of hydrogen-bond donors (Lipinski definition) is 1. The SMILES string of the molecule is Cc1cc(NC(=O)CSc2ccccc2Cl)n(C2CCS(=O)(=O)C2)n1. The molecule has 0 aliphatic carbocycles. The molecular weight excluding hydrogens is 382 g/mol. The first-order chi connectivity index (χ1) is 11.8. The number of amides is 1. The van der Waals surface area contributed by atoms with Crippen molar-refractivity contribution in [1.29, 1.82) is 0 Å². The van der Waals surface area contributed by atoms with E-state index >= 15 is 0 Å². The average molecular weight is 400 g/mol. The quantitative estimate of drug-likeness (QED) is 0.782. The Balaban J connectivity index is 1.67. The molecule has 0 spiro atoms. The van der Waals surface area contributed by atoms with Crippen LogP contribution in [-0.2, 0) is 14.6 Å². The molecular formula is C16H18ClN3O3S2. The molecule has 1 aromatic carbocycles. The Morgan fingerprint density at radius 2 is 2.20 bits per heavy atom. The Kier molecular flexibility index (Phi) is 5.41. The van der Waals surface area contributed by atoms with Gasteiger partial charge >= 0.3 is 0 Å². The number of rotatable bonds is 5. The van der Waals surface area contributed by atoms with Crippen molar-refractivity contribution in [3.63, 3.8) is 0 Å². The summed E-state index contributed by atoms with van der Waals surface area (Å²) in [7, 11) is -3.02. The fraction of sp³-hybridized carbons (Fsp3) is 0.375. The summed E-state index contributed by atoms with van der Waals surface area (Å²) >= 11 is 7.44. The van der Waals surface area contributed by atoms with Crippen LogP contribution in [0.15, 0.2) is 35.2 Å². The molecule has 0 bridgehead atoms. The summed E-state index contributed by atoms with van der Waals surface area (Å²) in [5.74, 6) is 0.769. The second-order valence-electron chi connectivity index (χ2n) is 5.94. The fourth-order valence-corrected chi connectivity index (χ4v) is 5.47. The van der Waals surface area contributed by atoms with Gasteiger partial charge in [0.1, 0.15) is 5.82 Å². The van der Waals surface area contributed by atoms with Crippen LogP contribution < -0.4 is 5.32 Å². The lowest BCUT2D eigenvalue weighted by molar-refractivity contribution is -0.113. The molecule has 0 radical (unpaired) electrons. The van der Waals surface area contributed by atoms with Crippen molar-refractivity contribution in [3.05, 3.63) is 41.0 Å². The molecule has 1 N–H and O–H groups in total. The first-order valence-electron chi connectivity index (χ1n) is 7.78. The maximum Gasteiger partial charge on any atom is 0.235 e. The Hall–Kier alpha value is -1.51. The maximum atomic E-state index is 12.3. The van der Waals surface area contributed by atoms with E-state index < -0.39 is 9.84 Å². The second kappa shape index (κ2) is 7.39. The molecule has 2 heterocycles. The topological polar surface area (TPSA) is 81.1 Å². The summed E-state index contributed by atoms with van der Waals surface area (Å²) < 4.78 is 25.0. The highest BCUT2D eigenvalue weighted by Crippen LogP contribution is 2.28. The third-order valence-electron chi connectivity index (χ3n) is 3.88. The van der Waals surface area contributed by atoms with Crippen LogP contribution in [0.25, 0.3) is 0 Å². The zero-order valence-corrected chi connectivity index (χ0v) is 16.0. The summed E-state index contributed by atoms with van der Waals surface area (Å²) in [6.07, 6.45) is 0.515. The molecule has 134 valence electrons. The monoisotopic (exact) mass is 399 g/mol. The first kappa shape index (κ1) is 18.3. The van der Waals surface area contributed by atoms with E-state index in [1.165, 1.54) is 11.8 Å². The number of carbonyl (C=O) groups is 1. The number of sulfone groups is 1. The largest absolute Gasteiger partial charge is 0.310 e. The van der Waals surface area contributed by atoms with Gasteiger partial charge in [-0.1, -0.05) is 23.7 Å². The zero-order chi connectivity index (χ0) is 18.0. The van der Waals surface area contributed by atoms with Crippen molar-refractivity contribution in [3.8, 4) is 0 Å². The molecule has 1 amide bonds. The Morgan fingerprint density at radius 1 is 1.44 bits per heavy atom. The minimum atomic E-state index is -3.02. The van der Waals surface area contributed by atoms with Gasteiger partial charge in [-0.15, -0.1) is 11.8 Å². The maximum absolute atomic E-state index is 12.3. The molecule has 1 unspecified atom stereocenters. The van der Waals surface area contributed by atoms with E-state index in [-0.39, 0.29) is 29.2 Å². The molecule has 1 atom stereocenters. The zero-order valence-electron chi connectivity index (χ0n) is 13.6. The summed E-state index contributed by atoms with van der Waals surface area (Å²) in [4.78, 5) is 13.1. The second-order valence-corrected chi connectivity index (χ2v) is 9.59. The third-order valence-corrected chi connectivity index (χ3v) is 7.14. The molecule has 1 fully saturated rings. The number of nitrogens with zero attached hydrogens (tertiary/aromatic N) is 2. The minimum Gasteiger partial charge on any atom is -0.310 e. The molecule has 2 aromatic rings. The fourth-order valence-electron chi connectivity index (χ4n) is 2.74. The minimum absolute atomic E-state index is 0.0609. The van der Waals surface area contributed by atoms with Crippen LogP contribution in [0.4, 0.5) is 5.82 Å². The van der Waals surface area contributed by atoms with Gasteiger partial charge in [0, 0.05) is 11.0 Å². The highest BCUT2D eigenvalue weighted by atomic mass is 35.5. The van der Waals surface area contributed by atoms with E-state index in [4.69, 9.17) is 11.6 Å². The van der Waals surface area contributed by atoms with Crippen LogP contribution in [-0.4, -0.2) is 41.4 Å². The van der Waals surface area contributed by atoms with Gasteiger partial charge in [-0.3, -0.25) is 4.79 Å². The van der Waals surface area contributed by atoms with Crippen molar-refractivity contribution >= 4 is 44.9 Å². The predicted octanol–water partition coefficient (Wildman–Crippen LogP) is 2.94. The number of nitrogens with one attached hydrogen (secondary N) is 1. The van der Waals surface area contributed by atoms with E-state index in [2.05, 4.69) is 10.4 Å². The van der Waals surface area contributed by atoms with E-state index in [0.29, 0.717) is 17.3 Å². The number of thioether (sulfide) groups is 1. The van der Waals surface area contributed by atoms with Crippen molar-refractivity contribution < 1.29 is 13.2 Å². The third kappa shape index (κ3) is 4.56. The van der Waals surface area contributed by atoms with Gasteiger partial charge in [0.2, 0.25) is 5.91 Å². The van der Waals surface area contributed by atoms with Crippen molar-refractivity contribution in [2.75, 3.05) is 22.6 Å². The number of aromatic nitrogens is 2. The molecule has 1 aromatic heterocycles. The first-order valence-corrected chi connectivity index (χ1v) is 11.0. The predicted molar refractivity (Wildman–Crippen MR) is 100 cm³/mol. The number of hydrogen-bond acceptors (Lipinski definition) is 5. The summed E-state index contributed by atoms with van der Waals surface area (Å²) in [6, 6.07) is 8.86. The van der Waals surface area contributed by atoms with Gasteiger partial charge in [0.25, 0.3) is 0 Å². The average Bonchev–Trinajstić information content (AvgIpc) is 3.08. The number of carbonyl (C=O) groups excluding carboxylic acids is 1. The van der Waals surface area contributed by atoms with Gasteiger partial charge < -0.3 is 5.32 Å². The highest BCUT2D eigenvalue weighted by molar-refractivity contribution is 8.00. The van der Waals surface area contributed by atoms with Crippen LogP contribution in [0.2, 0.25) is 5.02 Å². The Morgan fingerprint density at radius 3 is 2.88 bits per heavy atom. The lowest BCUT2D eigenvalue weighted by atomic mass is 10.3. The van der Waals surface area contributed by atoms with Crippen LogP contribution >= 0.6 is 23.4 Å². The van der Waals surface area contributed by atoms with Crippen LogP contribution in [0.1, 0.15) is 18.2 Å². The normalized spacial score (nSPS) is 19.0. The van der Waals surface area contributed by atoms with Crippen molar-refractivity contribution in [2.24, 2.45) is 0 Å². The van der Waals surface area contributed by atoms with E-state index in [1.807, 2.05) is 25.1 Å². The van der Waals surface area contributed by atoms with Crippen LogP contribution in [0.5, 0.6) is 0 Å². The van der Waals surface area contributed by atoms with Gasteiger partial charge in [-0.25, -0.2) is 13.1 Å².